The Morgan fingerprint density at radius 1 is 1.21 bits per heavy atom. The fourth-order valence-corrected chi connectivity index (χ4v) is 2.84. The first kappa shape index (κ1) is 12.5. The SMILES string of the molecule is Clc1ccccc1NCCn1cnc2c1CCCC2. The normalized spacial score (nSPS) is 14.2. The number of aromatic nitrogens is 2. The number of para-hydroxylation sites is 1. The molecule has 0 aliphatic heterocycles. The van der Waals surface area contributed by atoms with Gasteiger partial charge in [0, 0.05) is 18.8 Å². The van der Waals surface area contributed by atoms with Gasteiger partial charge in [0.05, 0.1) is 22.7 Å². The lowest BCUT2D eigenvalue weighted by molar-refractivity contribution is 0.613. The van der Waals surface area contributed by atoms with Gasteiger partial charge in [-0.2, -0.15) is 0 Å². The van der Waals surface area contributed by atoms with E-state index >= 15 is 0 Å². The topological polar surface area (TPSA) is 29.9 Å². The summed E-state index contributed by atoms with van der Waals surface area (Å²) in [6, 6.07) is 7.85. The van der Waals surface area contributed by atoms with Gasteiger partial charge in [0.1, 0.15) is 0 Å². The zero-order chi connectivity index (χ0) is 13.1. The predicted octanol–water partition coefficient (Wildman–Crippen LogP) is 3.53. The first-order chi connectivity index (χ1) is 9.34. The minimum atomic E-state index is 0.773. The minimum Gasteiger partial charge on any atom is -0.382 e. The van der Waals surface area contributed by atoms with Crippen LogP contribution < -0.4 is 5.32 Å². The molecule has 3 nitrogen and oxygen atoms in total. The van der Waals surface area contributed by atoms with Crippen molar-refractivity contribution in [1.82, 2.24) is 9.55 Å². The van der Waals surface area contributed by atoms with E-state index in [2.05, 4.69) is 14.9 Å². The molecule has 1 aromatic heterocycles. The number of halogens is 1. The summed E-state index contributed by atoms with van der Waals surface area (Å²) in [5.41, 5.74) is 3.72. The molecule has 100 valence electrons. The first-order valence-corrected chi connectivity index (χ1v) is 7.23. The Kier molecular flexibility index (Phi) is 3.74. The average Bonchev–Trinajstić information content (AvgIpc) is 2.85. The summed E-state index contributed by atoms with van der Waals surface area (Å²) in [5.74, 6) is 0. The van der Waals surface area contributed by atoms with Crippen LogP contribution in [-0.4, -0.2) is 16.1 Å². The van der Waals surface area contributed by atoms with Crippen molar-refractivity contribution in [2.75, 3.05) is 11.9 Å². The highest BCUT2D eigenvalue weighted by Gasteiger charge is 2.14. The smallest absolute Gasteiger partial charge is 0.0952 e. The second kappa shape index (κ2) is 5.66. The number of fused-ring (bicyclic) bond motifs is 1. The van der Waals surface area contributed by atoms with E-state index in [4.69, 9.17) is 11.6 Å². The van der Waals surface area contributed by atoms with E-state index in [-0.39, 0.29) is 0 Å². The molecule has 0 atom stereocenters. The maximum absolute atomic E-state index is 6.12. The molecule has 1 aliphatic rings. The van der Waals surface area contributed by atoms with Gasteiger partial charge in [-0.1, -0.05) is 23.7 Å². The lowest BCUT2D eigenvalue weighted by Crippen LogP contribution is -2.14. The molecule has 0 spiro atoms. The molecule has 4 heteroatoms. The summed E-state index contributed by atoms with van der Waals surface area (Å²) in [4.78, 5) is 4.51. The van der Waals surface area contributed by atoms with Gasteiger partial charge in [-0.05, 0) is 37.8 Å². The van der Waals surface area contributed by atoms with Gasteiger partial charge >= 0.3 is 0 Å². The highest BCUT2D eigenvalue weighted by Crippen LogP contribution is 2.21. The van der Waals surface area contributed by atoms with E-state index in [0.29, 0.717) is 0 Å². The Balaban J connectivity index is 1.61. The molecule has 3 rings (SSSR count). The Hall–Kier alpha value is -1.48. The van der Waals surface area contributed by atoms with Gasteiger partial charge < -0.3 is 9.88 Å². The number of nitrogens with one attached hydrogen (secondary N) is 1. The number of benzene rings is 1. The van der Waals surface area contributed by atoms with Gasteiger partial charge in [0.25, 0.3) is 0 Å². The van der Waals surface area contributed by atoms with Crippen LogP contribution in [0.5, 0.6) is 0 Å². The van der Waals surface area contributed by atoms with E-state index in [0.717, 1.165) is 30.2 Å². The molecule has 2 aromatic rings. The molecule has 0 saturated carbocycles. The number of hydrogen-bond acceptors (Lipinski definition) is 2. The molecule has 0 bridgehead atoms. The molecule has 1 aliphatic carbocycles. The standard InChI is InChI=1S/C15H18ClN3/c16-12-5-1-2-6-13(12)17-9-10-19-11-18-14-7-3-4-8-15(14)19/h1-2,5-6,11,17H,3-4,7-10H2. The summed E-state index contributed by atoms with van der Waals surface area (Å²) >= 11 is 6.12. The van der Waals surface area contributed by atoms with Gasteiger partial charge in [0.15, 0.2) is 0 Å². The highest BCUT2D eigenvalue weighted by atomic mass is 35.5. The molecule has 1 aromatic carbocycles. The van der Waals surface area contributed by atoms with E-state index in [9.17, 15) is 0 Å². The summed E-state index contributed by atoms with van der Waals surface area (Å²) in [6.45, 7) is 1.81. The lowest BCUT2D eigenvalue weighted by atomic mass is 10.0. The van der Waals surface area contributed by atoms with Gasteiger partial charge in [-0.25, -0.2) is 4.98 Å². The Bertz CT molecular complexity index is 562. The Labute approximate surface area is 118 Å². The van der Waals surface area contributed by atoms with Crippen LogP contribution in [0.2, 0.25) is 5.02 Å². The van der Waals surface area contributed by atoms with Crippen molar-refractivity contribution in [2.45, 2.75) is 32.2 Å². The zero-order valence-corrected chi connectivity index (χ0v) is 11.7. The van der Waals surface area contributed by atoms with Crippen molar-refractivity contribution in [3.05, 3.63) is 47.0 Å². The van der Waals surface area contributed by atoms with Crippen LogP contribution in [0.4, 0.5) is 5.69 Å². The third-order valence-electron chi connectivity index (χ3n) is 3.65. The monoisotopic (exact) mass is 275 g/mol. The fraction of sp³-hybridized carbons (Fsp3) is 0.400. The molecule has 1 N–H and O–H groups in total. The van der Waals surface area contributed by atoms with Crippen molar-refractivity contribution in [3.63, 3.8) is 0 Å². The molecule has 0 saturated heterocycles. The highest BCUT2D eigenvalue weighted by molar-refractivity contribution is 6.33. The van der Waals surface area contributed by atoms with Crippen LogP contribution in [0, 0.1) is 0 Å². The average molecular weight is 276 g/mol. The van der Waals surface area contributed by atoms with Crippen molar-refractivity contribution in [3.8, 4) is 0 Å². The summed E-state index contributed by atoms with van der Waals surface area (Å²) in [5, 5.41) is 4.15. The van der Waals surface area contributed by atoms with E-state index < -0.39 is 0 Å². The van der Waals surface area contributed by atoms with Crippen molar-refractivity contribution < 1.29 is 0 Å². The number of aryl methyl sites for hydroxylation is 1. The molecule has 0 fully saturated rings. The summed E-state index contributed by atoms with van der Waals surface area (Å²) in [7, 11) is 0. The van der Waals surface area contributed by atoms with Gasteiger partial charge in [-0.15, -0.1) is 0 Å². The Morgan fingerprint density at radius 3 is 2.95 bits per heavy atom. The third-order valence-corrected chi connectivity index (χ3v) is 3.98. The zero-order valence-electron chi connectivity index (χ0n) is 10.9. The van der Waals surface area contributed by atoms with Crippen LogP contribution >= 0.6 is 11.6 Å². The lowest BCUT2D eigenvalue weighted by Gasteiger charge is -2.14. The number of hydrogen-bond donors (Lipinski definition) is 1. The van der Waals surface area contributed by atoms with E-state index in [1.807, 2.05) is 30.6 Å². The molecule has 19 heavy (non-hydrogen) atoms. The van der Waals surface area contributed by atoms with Crippen molar-refractivity contribution in [1.29, 1.82) is 0 Å². The number of anilines is 1. The summed E-state index contributed by atoms with van der Waals surface area (Å²) < 4.78 is 2.28. The van der Waals surface area contributed by atoms with Gasteiger partial charge in [-0.3, -0.25) is 0 Å². The molecular weight excluding hydrogens is 258 g/mol. The molecule has 1 heterocycles. The number of rotatable bonds is 4. The van der Waals surface area contributed by atoms with E-state index in [1.54, 1.807) is 0 Å². The molecule has 0 radical (unpaired) electrons. The predicted molar refractivity (Wildman–Crippen MR) is 78.8 cm³/mol. The quantitative estimate of drug-likeness (QED) is 0.925. The van der Waals surface area contributed by atoms with Crippen LogP contribution in [-0.2, 0) is 19.4 Å². The van der Waals surface area contributed by atoms with Crippen LogP contribution in [0.1, 0.15) is 24.2 Å². The number of imidazole rings is 1. The van der Waals surface area contributed by atoms with Crippen LogP contribution in [0.25, 0.3) is 0 Å². The summed E-state index contributed by atoms with van der Waals surface area (Å²) in [6.07, 6.45) is 6.85. The van der Waals surface area contributed by atoms with Crippen molar-refractivity contribution in [2.24, 2.45) is 0 Å². The first-order valence-electron chi connectivity index (χ1n) is 6.86. The second-order valence-electron chi connectivity index (χ2n) is 4.95. The van der Waals surface area contributed by atoms with Crippen molar-refractivity contribution >= 4 is 17.3 Å². The second-order valence-corrected chi connectivity index (χ2v) is 5.35. The van der Waals surface area contributed by atoms with Gasteiger partial charge in [0.2, 0.25) is 0 Å². The largest absolute Gasteiger partial charge is 0.382 e. The third kappa shape index (κ3) is 2.76. The maximum atomic E-state index is 6.12. The molecule has 0 unspecified atom stereocenters. The van der Waals surface area contributed by atoms with E-state index in [1.165, 1.54) is 30.7 Å². The molecular formula is C15H18ClN3. The number of nitrogens with zero attached hydrogens (tertiary/aromatic N) is 2. The molecule has 0 amide bonds. The minimum absolute atomic E-state index is 0.773. The fourth-order valence-electron chi connectivity index (χ4n) is 2.64. The van der Waals surface area contributed by atoms with Crippen LogP contribution in [0.3, 0.4) is 0 Å². The Morgan fingerprint density at radius 2 is 2.05 bits per heavy atom. The maximum Gasteiger partial charge on any atom is 0.0952 e. The van der Waals surface area contributed by atoms with Crippen LogP contribution in [0.15, 0.2) is 30.6 Å².